The van der Waals surface area contributed by atoms with Crippen LogP contribution in [0, 0.1) is 0 Å². The molecule has 1 atom stereocenters. The van der Waals surface area contributed by atoms with Gasteiger partial charge in [-0.25, -0.2) is 0 Å². The maximum Gasteiger partial charge on any atom is 0.138 e. The minimum Gasteiger partial charge on any atom is -0.486 e. The highest BCUT2D eigenvalue weighted by Crippen LogP contribution is 2.21. The van der Waals surface area contributed by atoms with E-state index in [0.717, 1.165) is 22.3 Å². The molecular weight excluding hydrogens is 312 g/mol. The van der Waals surface area contributed by atoms with Gasteiger partial charge in [0, 0.05) is 32.9 Å². The topological polar surface area (TPSA) is 48.1 Å². The van der Waals surface area contributed by atoms with E-state index in [-0.39, 0.29) is 6.04 Å². The van der Waals surface area contributed by atoms with Crippen LogP contribution in [0.2, 0.25) is 0 Å². The van der Waals surface area contributed by atoms with Crippen molar-refractivity contribution in [1.29, 1.82) is 0 Å². The summed E-state index contributed by atoms with van der Waals surface area (Å²) >= 11 is 5.09. The van der Waals surface area contributed by atoms with Gasteiger partial charge in [0.05, 0.1) is 6.20 Å². The summed E-state index contributed by atoms with van der Waals surface area (Å²) in [5.74, 6) is 0.785. The molecule has 2 aromatic rings. The summed E-state index contributed by atoms with van der Waals surface area (Å²) in [5.41, 5.74) is 6.72. The fourth-order valence-corrected chi connectivity index (χ4v) is 2.89. The summed E-state index contributed by atoms with van der Waals surface area (Å²) in [4.78, 5) is 5.51. The van der Waals surface area contributed by atoms with E-state index in [1.54, 1.807) is 17.5 Å². The Morgan fingerprint density at radius 3 is 2.89 bits per heavy atom. The maximum absolute atomic E-state index is 5.73. The summed E-state index contributed by atoms with van der Waals surface area (Å²) in [6.07, 6.45) is 2.54. The van der Waals surface area contributed by atoms with Crippen molar-refractivity contribution in [2.24, 2.45) is 5.73 Å². The molecule has 96 valence electrons. The molecule has 5 heteroatoms. The zero-order valence-electron chi connectivity index (χ0n) is 10.1. The van der Waals surface area contributed by atoms with E-state index < -0.39 is 0 Å². The molecular formula is C13H15BrN2OS. The molecule has 0 aliphatic rings. The maximum atomic E-state index is 5.73. The molecule has 0 aromatic carbocycles. The number of ether oxygens (including phenoxy) is 1. The van der Waals surface area contributed by atoms with Crippen molar-refractivity contribution in [1.82, 2.24) is 4.98 Å². The minimum atomic E-state index is 0.132. The van der Waals surface area contributed by atoms with Crippen LogP contribution in [0.25, 0.3) is 0 Å². The van der Waals surface area contributed by atoms with Crippen molar-refractivity contribution in [3.8, 4) is 5.75 Å². The lowest BCUT2D eigenvalue weighted by Gasteiger charge is -2.07. The standard InChI is InChI=1S/C13H15BrN2OS/c1-9(15)4-11-2-3-12(6-16-11)17-7-13-5-10(14)8-18-13/h2-3,5-6,8-9H,4,7,15H2,1H3. The minimum absolute atomic E-state index is 0.132. The van der Waals surface area contributed by atoms with Crippen molar-refractivity contribution in [3.63, 3.8) is 0 Å². The summed E-state index contributed by atoms with van der Waals surface area (Å²) in [7, 11) is 0. The average molecular weight is 327 g/mol. The fraction of sp³-hybridized carbons (Fsp3) is 0.308. The van der Waals surface area contributed by atoms with Crippen molar-refractivity contribution < 1.29 is 4.74 Å². The number of hydrogen-bond acceptors (Lipinski definition) is 4. The number of aromatic nitrogens is 1. The molecule has 0 spiro atoms. The van der Waals surface area contributed by atoms with Crippen LogP contribution in [0.1, 0.15) is 17.5 Å². The van der Waals surface area contributed by atoms with Crippen LogP contribution in [-0.2, 0) is 13.0 Å². The van der Waals surface area contributed by atoms with E-state index in [2.05, 4.69) is 27.0 Å². The van der Waals surface area contributed by atoms with Crippen molar-refractivity contribution in [2.45, 2.75) is 26.0 Å². The molecule has 2 N–H and O–H groups in total. The van der Waals surface area contributed by atoms with E-state index in [4.69, 9.17) is 10.5 Å². The smallest absolute Gasteiger partial charge is 0.138 e. The summed E-state index contributed by atoms with van der Waals surface area (Å²) in [6.45, 7) is 2.55. The second-order valence-corrected chi connectivity index (χ2v) is 6.10. The van der Waals surface area contributed by atoms with Gasteiger partial charge in [0.1, 0.15) is 12.4 Å². The van der Waals surface area contributed by atoms with Gasteiger partial charge < -0.3 is 10.5 Å². The molecule has 2 heterocycles. The number of halogens is 1. The molecule has 0 amide bonds. The van der Waals surface area contributed by atoms with Gasteiger partial charge in [-0.3, -0.25) is 4.98 Å². The molecule has 0 bridgehead atoms. The van der Waals surface area contributed by atoms with Gasteiger partial charge in [0.25, 0.3) is 0 Å². The zero-order chi connectivity index (χ0) is 13.0. The van der Waals surface area contributed by atoms with Crippen molar-refractivity contribution >= 4 is 27.3 Å². The Labute approximate surface area is 119 Å². The average Bonchev–Trinajstić information content (AvgIpc) is 2.74. The Bertz CT molecular complexity index is 496. The Kier molecular flexibility index (Phi) is 4.74. The SMILES string of the molecule is CC(N)Cc1ccc(OCc2cc(Br)cs2)cn1. The third-order valence-corrected chi connectivity index (χ3v) is 4.00. The highest BCUT2D eigenvalue weighted by Gasteiger charge is 2.02. The number of thiophene rings is 1. The van der Waals surface area contributed by atoms with E-state index in [9.17, 15) is 0 Å². The molecule has 0 saturated heterocycles. The van der Waals surface area contributed by atoms with Gasteiger partial charge in [0.2, 0.25) is 0 Å². The normalized spacial score (nSPS) is 12.4. The largest absolute Gasteiger partial charge is 0.486 e. The van der Waals surface area contributed by atoms with E-state index in [1.165, 1.54) is 4.88 Å². The van der Waals surface area contributed by atoms with Crippen LogP contribution in [0.4, 0.5) is 0 Å². The molecule has 0 saturated carbocycles. The first-order valence-corrected chi connectivity index (χ1v) is 7.37. The molecule has 2 aromatic heterocycles. The number of pyridine rings is 1. The fourth-order valence-electron chi connectivity index (χ4n) is 1.53. The second kappa shape index (κ2) is 6.31. The molecule has 3 nitrogen and oxygen atoms in total. The summed E-state index contributed by atoms with van der Waals surface area (Å²) in [5, 5.41) is 2.04. The predicted molar refractivity (Wildman–Crippen MR) is 77.9 cm³/mol. The van der Waals surface area contributed by atoms with Gasteiger partial charge in [-0.1, -0.05) is 0 Å². The van der Waals surface area contributed by atoms with Gasteiger partial charge in [-0.2, -0.15) is 0 Å². The predicted octanol–water partition coefficient (Wildman–Crippen LogP) is 3.37. The Morgan fingerprint density at radius 2 is 2.33 bits per heavy atom. The molecule has 0 aliphatic carbocycles. The number of nitrogens with zero attached hydrogens (tertiary/aromatic N) is 1. The molecule has 2 rings (SSSR count). The van der Waals surface area contributed by atoms with Crippen LogP contribution >= 0.6 is 27.3 Å². The molecule has 0 radical (unpaired) electrons. The van der Waals surface area contributed by atoms with Crippen LogP contribution in [0.3, 0.4) is 0 Å². The van der Waals surface area contributed by atoms with Crippen LogP contribution < -0.4 is 10.5 Å². The van der Waals surface area contributed by atoms with Gasteiger partial charge in [-0.05, 0) is 41.1 Å². The lowest BCUT2D eigenvalue weighted by molar-refractivity contribution is 0.308. The monoisotopic (exact) mass is 326 g/mol. The van der Waals surface area contributed by atoms with E-state index in [0.29, 0.717) is 6.61 Å². The van der Waals surface area contributed by atoms with Gasteiger partial charge >= 0.3 is 0 Å². The number of nitrogens with two attached hydrogens (primary N) is 1. The Hall–Kier alpha value is -0.910. The molecule has 1 unspecified atom stereocenters. The van der Waals surface area contributed by atoms with Crippen molar-refractivity contribution in [2.75, 3.05) is 0 Å². The first-order chi connectivity index (χ1) is 8.63. The third kappa shape index (κ3) is 4.08. The van der Waals surface area contributed by atoms with Gasteiger partial charge in [0.15, 0.2) is 0 Å². The summed E-state index contributed by atoms with van der Waals surface area (Å²) in [6, 6.07) is 6.09. The quantitative estimate of drug-likeness (QED) is 0.916. The molecule has 0 aliphatic heterocycles. The highest BCUT2D eigenvalue weighted by atomic mass is 79.9. The molecule has 18 heavy (non-hydrogen) atoms. The Balaban J connectivity index is 1.90. The highest BCUT2D eigenvalue weighted by molar-refractivity contribution is 9.10. The zero-order valence-corrected chi connectivity index (χ0v) is 12.5. The third-order valence-electron chi connectivity index (χ3n) is 2.33. The summed E-state index contributed by atoms with van der Waals surface area (Å²) < 4.78 is 6.76. The van der Waals surface area contributed by atoms with E-state index in [1.807, 2.05) is 24.4 Å². The first-order valence-electron chi connectivity index (χ1n) is 5.69. The second-order valence-electron chi connectivity index (χ2n) is 4.19. The van der Waals surface area contributed by atoms with Crippen LogP contribution in [0.5, 0.6) is 5.75 Å². The number of hydrogen-bond donors (Lipinski definition) is 1. The van der Waals surface area contributed by atoms with Gasteiger partial charge in [-0.15, -0.1) is 11.3 Å². The van der Waals surface area contributed by atoms with E-state index >= 15 is 0 Å². The van der Waals surface area contributed by atoms with Crippen molar-refractivity contribution in [3.05, 3.63) is 44.8 Å². The van der Waals surface area contributed by atoms with Crippen LogP contribution in [-0.4, -0.2) is 11.0 Å². The lowest BCUT2D eigenvalue weighted by atomic mass is 10.2. The number of rotatable bonds is 5. The molecule has 0 fully saturated rings. The Morgan fingerprint density at radius 1 is 1.50 bits per heavy atom. The van der Waals surface area contributed by atoms with Crippen LogP contribution in [0.15, 0.2) is 34.2 Å². The first kappa shape index (κ1) is 13.5. The lowest BCUT2D eigenvalue weighted by Crippen LogP contribution is -2.18.